The van der Waals surface area contributed by atoms with E-state index in [4.69, 9.17) is 5.11 Å². The molecule has 0 spiro atoms. The van der Waals surface area contributed by atoms with Crippen LogP contribution in [0.15, 0.2) is 35.5 Å². The standard InChI is InChI=1S/C13H16O5/c1-5-8(2)12(16)18-13(17)10(4)7-6-9(3)11(14)15/h6-7H,2,5H2,1,3-4H3,(H,14,15). The minimum absolute atomic E-state index is 0.0754. The van der Waals surface area contributed by atoms with Crippen LogP contribution in [0.3, 0.4) is 0 Å². The van der Waals surface area contributed by atoms with E-state index in [0.717, 1.165) is 0 Å². The smallest absolute Gasteiger partial charge is 0.341 e. The fraction of sp³-hybridized carbons (Fsp3) is 0.308. The van der Waals surface area contributed by atoms with Gasteiger partial charge in [0.1, 0.15) is 0 Å². The fourth-order valence-corrected chi connectivity index (χ4v) is 0.771. The molecule has 98 valence electrons. The molecule has 0 aliphatic carbocycles. The molecule has 5 nitrogen and oxygen atoms in total. The molecule has 0 rings (SSSR count). The Morgan fingerprint density at radius 2 is 1.61 bits per heavy atom. The number of ether oxygens (including phenoxy) is 1. The number of rotatable bonds is 5. The summed E-state index contributed by atoms with van der Waals surface area (Å²) in [5, 5.41) is 8.60. The lowest BCUT2D eigenvalue weighted by molar-refractivity contribution is -0.154. The summed E-state index contributed by atoms with van der Waals surface area (Å²) < 4.78 is 4.54. The van der Waals surface area contributed by atoms with Crippen LogP contribution in [0.5, 0.6) is 0 Å². The summed E-state index contributed by atoms with van der Waals surface area (Å²) in [4.78, 5) is 33.2. The second kappa shape index (κ2) is 7.21. The first-order valence-corrected chi connectivity index (χ1v) is 5.32. The maximum Gasteiger partial charge on any atom is 0.341 e. The van der Waals surface area contributed by atoms with E-state index in [1.54, 1.807) is 6.92 Å². The van der Waals surface area contributed by atoms with E-state index in [2.05, 4.69) is 11.3 Å². The minimum Gasteiger partial charge on any atom is -0.478 e. The Hall–Kier alpha value is -2.17. The van der Waals surface area contributed by atoms with Crippen LogP contribution in [0, 0.1) is 0 Å². The van der Waals surface area contributed by atoms with E-state index in [-0.39, 0.29) is 16.7 Å². The summed E-state index contributed by atoms with van der Waals surface area (Å²) >= 11 is 0. The van der Waals surface area contributed by atoms with Crippen molar-refractivity contribution in [1.29, 1.82) is 0 Å². The third-order valence-corrected chi connectivity index (χ3v) is 2.14. The Morgan fingerprint density at radius 3 is 2.06 bits per heavy atom. The van der Waals surface area contributed by atoms with Crippen LogP contribution in [0.25, 0.3) is 0 Å². The number of hydrogen-bond donors (Lipinski definition) is 1. The number of carboxylic acids is 1. The molecule has 0 aromatic carbocycles. The first kappa shape index (κ1) is 15.8. The van der Waals surface area contributed by atoms with E-state index >= 15 is 0 Å². The summed E-state index contributed by atoms with van der Waals surface area (Å²) in [5.41, 5.74) is 0.410. The zero-order valence-electron chi connectivity index (χ0n) is 10.6. The molecular weight excluding hydrogens is 236 g/mol. The van der Waals surface area contributed by atoms with Gasteiger partial charge in [0.25, 0.3) is 0 Å². The highest BCUT2D eigenvalue weighted by atomic mass is 16.6. The van der Waals surface area contributed by atoms with Gasteiger partial charge in [0.15, 0.2) is 0 Å². The fourth-order valence-electron chi connectivity index (χ4n) is 0.771. The molecule has 5 heteroatoms. The van der Waals surface area contributed by atoms with Gasteiger partial charge in [-0.2, -0.15) is 0 Å². The SMILES string of the molecule is C=C(CC)C(=O)OC(=O)C(C)=CC=C(C)C(=O)O. The molecule has 0 saturated carbocycles. The summed E-state index contributed by atoms with van der Waals surface area (Å²) in [5.74, 6) is -2.67. The van der Waals surface area contributed by atoms with E-state index < -0.39 is 17.9 Å². The van der Waals surface area contributed by atoms with Gasteiger partial charge in [-0.15, -0.1) is 0 Å². The van der Waals surface area contributed by atoms with Crippen molar-refractivity contribution in [3.05, 3.63) is 35.5 Å². The van der Waals surface area contributed by atoms with Gasteiger partial charge in [-0.3, -0.25) is 0 Å². The lowest BCUT2D eigenvalue weighted by Gasteiger charge is -2.03. The van der Waals surface area contributed by atoms with Crippen LogP contribution < -0.4 is 0 Å². The van der Waals surface area contributed by atoms with Gasteiger partial charge in [0.2, 0.25) is 0 Å². The molecule has 0 fully saturated rings. The molecule has 0 amide bonds. The molecule has 0 bridgehead atoms. The second-order valence-electron chi connectivity index (χ2n) is 3.64. The number of aliphatic carboxylic acids is 1. The maximum absolute atomic E-state index is 11.4. The van der Waals surface area contributed by atoms with Crippen LogP contribution in [-0.2, 0) is 19.1 Å². The second-order valence-corrected chi connectivity index (χ2v) is 3.64. The summed E-state index contributed by atoms with van der Waals surface area (Å²) in [6.45, 7) is 7.98. The third-order valence-electron chi connectivity index (χ3n) is 2.14. The molecule has 0 atom stereocenters. The predicted octanol–water partition coefficient (Wildman–Crippen LogP) is 2.00. The lowest BCUT2D eigenvalue weighted by Crippen LogP contribution is -2.14. The highest BCUT2D eigenvalue weighted by Crippen LogP contribution is 2.05. The largest absolute Gasteiger partial charge is 0.478 e. The molecule has 0 unspecified atom stereocenters. The number of allylic oxidation sites excluding steroid dienone is 2. The Kier molecular flexibility index (Phi) is 6.34. The van der Waals surface area contributed by atoms with Crippen molar-refractivity contribution in [3.8, 4) is 0 Å². The Bertz CT molecular complexity index is 440. The average molecular weight is 252 g/mol. The molecule has 0 aliphatic heterocycles. The van der Waals surface area contributed by atoms with Gasteiger partial charge in [-0.1, -0.05) is 25.7 Å². The molecule has 0 aliphatic rings. The molecule has 0 radical (unpaired) electrons. The first-order chi connectivity index (χ1) is 8.29. The van der Waals surface area contributed by atoms with E-state index in [9.17, 15) is 14.4 Å². The van der Waals surface area contributed by atoms with Gasteiger partial charge in [-0.05, 0) is 20.3 Å². The monoisotopic (exact) mass is 252 g/mol. The third kappa shape index (κ3) is 5.25. The number of hydrogen-bond acceptors (Lipinski definition) is 4. The normalized spacial score (nSPS) is 11.9. The molecular formula is C13H16O5. The zero-order valence-corrected chi connectivity index (χ0v) is 10.6. The van der Waals surface area contributed by atoms with Crippen molar-refractivity contribution in [2.45, 2.75) is 27.2 Å². The van der Waals surface area contributed by atoms with E-state index in [1.807, 2.05) is 0 Å². The molecule has 1 N–H and O–H groups in total. The number of carboxylic acid groups (broad SMARTS) is 1. The van der Waals surface area contributed by atoms with Crippen molar-refractivity contribution in [2.75, 3.05) is 0 Å². The molecule has 0 saturated heterocycles. The van der Waals surface area contributed by atoms with Crippen molar-refractivity contribution in [3.63, 3.8) is 0 Å². The van der Waals surface area contributed by atoms with Crippen LogP contribution in [0.2, 0.25) is 0 Å². The molecule has 18 heavy (non-hydrogen) atoms. The highest BCUT2D eigenvalue weighted by molar-refractivity contribution is 6.01. The van der Waals surface area contributed by atoms with E-state index in [1.165, 1.54) is 26.0 Å². The van der Waals surface area contributed by atoms with Gasteiger partial charge in [-0.25, -0.2) is 14.4 Å². The summed E-state index contributed by atoms with van der Waals surface area (Å²) in [6, 6.07) is 0. The van der Waals surface area contributed by atoms with Gasteiger partial charge in [0.05, 0.1) is 0 Å². The van der Waals surface area contributed by atoms with Crippen molar-refractivity contribution >= 4 is 17.9 Å². The van der Waals surface area contributed by atoms with Crippen LogP contribution >= 0.6 is 0 Å². The van der Waals surface area contributed by atoms with Gasteiger partial charge >= 0.3 is 17.9 Å². The molecule has 0 heterocycles. The van der Waals surface area contributed by atoms with Crippen LogP contribution in [0.4, 0.5) is 0 Å². The quantitative estimate of drug-likeness (QED) is 0.350. The van der Waals surface area contributed by atoms with Gasteiger partial charge in [0, 0.05) is 16.7 Å². The summed E-state index contributed by atoms with van der Waals surface area (Å²) in [7, 11) is 0. The number of carbonyl (C=O) groups excluding carboxylic acids is 2. The Balaban J connectivity index is 4.67. The topological polar surface area (TPSA) is 80.7 Å². The lowest BCUT2D eigenvalue weighted by atomic mass is 10.2. The minimum atomic E-state index is -1.08. The average Bonchev–Trinajstić information content (AvgIpc) is 2.33. The van der Waals surface area contributed by atoms with E-state index in [0.29, 0.717) is 6.42 Å². The number of carbonyl (C=O) groups is 3. The Morgan fingerprint density at radius 1 is 1.11 bits per heavy atom. The zero-order chi connectivity index (χ0) is 14.3. The van der Waals surface area contributed by atoms with Crippen LogP contribution in [0.1, 0.15) is 27.2 Å². The summed E-state index contributed by atoms with van der Waals surface area (Å²) in [6.07, 6.45) is 2.94. The number of esters is 2. The van der Waals surface area contributed by atoms with Crippen LogP contribution in [-0.4, -0.2) is 23.0 Å². The van der Waals surface area contributed by atoms with Crippen molar-refractivity contribution in [2.24, 2.45) is 0 Å². The molecule has 0 aromatic heterocycles. The highest BCUT2D eigenvalue weighted by Gasteiger charge is 2.13. The van der Waals surface area contributed by atoms with Crippen molar-refractivity contribution < 1.29 is 24.2 Å². The maximum atomic E-state index is 11.4. The molecule has 0 aromatic rings. The first-order valence-electron chi connectivity index (χ1n) is 5.32. The predicted molar refractivity (Wildman–Crippen MR) is 65.7 cm³/mol. The van der Waals surface area contributed by atoms with Crippen molar-refractivity contribution in [1.82, 2.24) is 0 Å². The Labute approximate surface area is 105 Å². The van der Waals surface area contributed by atoms with Gasteiger partial charge < -0.3 is 9.84 Å².